The summed E-state index contributed by atoms with van der Waals surface area (Å²) in [6.45, 7) is 4.20. The second kappa shape index (κ2) is 5.70. The minimum Gasteiger partial charge on any atom is -0.398 e. The van der Waals surface area contributed by atoms with Crippen LogP contribution >= 0.6 is 0 Å². The van der Waals surface area contributed by atoms with Crippen molar-refractivity contribution in [3.63, 3.8) is 0 Å². The maximum absolute atomic E-state index is 12.6. The number of aromatic amines is 1. The van der Waals surface area contributed by atoms with Gasteiger partial charge in [-0.05, 0) is 35.7 Å². The molecule has 0 atom stereocenters. The summed E-state index contributed by atoms with van der Waals surface area (Å²) < 4.78 is 1.51. The van der Waals surface area contributed by atoms with Crippen molar-refractivity contribution in [3.05, 3.63) is 66.0 Å². The van der Waals surface area contributed by atoms with Gasteiger partial charge >= 0.3 is 5.97 Å². The first kappa shape index (κ1) is 15.3. The Bertz CT molecular complexity index is 1060. The number of carbonyl (C=O) groups is 1. The van der Waals surface area contributed by atoms with Gasteiger partial charge in [-0.3, -0.25) is 0 Å². The lowest BCUT2D eigenvalue weighted by Crippen LogP contribution is -2.20. The number of H-pyrrole nitrogens is 1. The Morgan fingerprint density at radius 3 is 2.72 bits per heavy atom. The average Bonchev–Trinajstić information content (AvgIpc) is 3.20. The van der Waals surface area contributed by atoms with Gasteiger partial charge in [0.05, 0.1) is 5.52 Å². The van der Waals surface area contributed by atoms with Gasteiger partial charge in [0, 0.05) is 28.2 Å². The molecule has 0 spiro atoms. The molecule has 5 nitrogen and oxygen atoms in total. The van der Waals surface area contributed by atoms with Gasteiger partial charge in [0.1, 0.15) is 5.69 Å². The molecular formula is C20H19N3O2. The molecule has 2 aromatic carbocycles. The van der Waals surface area contributed by atoms with Gasteiger partial charge in [-0.1, -0.05) is 38.1 Å². The number of anilines is 1. The zero-order valence-electron chi connectivity index (χ0n) is 14.1. The van der Waals surface area contributed by atoms with E-state index in [-0.39, 0.29) is 5.92 Å². The zero-order valence-corrected chi connectivity index (χ0v) is 14.1. The lowest BCUT2D eigenvalue weighted by atomic mass is 10.00. The average molecular weight is 333 g/mol. The molecule has 0 aliphatic carbocycles. The van der Waals surface area contributed by atoms with Crippen molar-refractivity contribution in [1.29, 1.82) is 0 Å². The Morgan fingerprint density at radius 2 is 1.96 bits per heavy atom. The molecule has 3 N–H and O–H groups in total. The molecule has 0 amide bonds. The third-order valence-corrected chi connectivity index (χ3v) is 4.43. The van der Waals surface area contributed by atoms with Gasteiger partial charge in [0.2, 0.25) is 0 Å². The van der Waals surface area contributed by atoms with Crippen LogP contribution in [0.3, 0.4) is 0 Å². The van der Waals surface area contributed by atoms with E-state index >= 15 is 0 Å². The van der Waals surface area contributed by atoms with Crippen LogP contribution in [0, 0.1) is 0 Å². The summed E-state index contributed by atoms with van der Waals surface area (Å²) in [6.07, 6.45) is 1.73. The maximum atomic E-state index is 12.6. The fraction of sp³-hybridized carbons (Fsp3) is 0.150. The smallest absolute Gasteiger partial charge is 0.379 e. The summed E-state index contributed by atoms with van der Waals surface area (Å²) in [6, 6.07) is 15.3. The molecule has 2 aromatic heterocycles. The fourth-order valence-corrected chi connectivity index (χ4v) is 3.14. The van der Waals surface area contributed by atoms with E-state index in [1.54, 1.807) is 12.3 Å². The van der Waals surface area contributed by atoms with Gasteiger partial charge in [-0.2, -0.15) is 4.73 Å². The highest BCUT2D eigenvalue weighted by Gasteiger charge is 2.17. The quantitative estimate of drug-likeness (QED) is 0.554. The Kier molecular flexibility index (Phi) is 3.50. The van der Waals surface area contributed by atoms with E-state index in [0.717, 1.165) is 27.4 Å². The Balaban J connectivity index is 1.75. The predicted octanol–water partition coefficient (Wildman–Crippen LogP) is 4.10. The Morgan fingerprint density at radius 1 is 1.16 bits per heavy atom. The van der Waals surface area contributed by atoms with Gasteiger partial charge in [0.25, 0.3) is 0 Å². The number of fused-ring (bicyclic) bond motifs is 2. The predicted molar refractivity (Wildman–Crippen MR) is 99.6 cm³/mol. The van der Waals surface area contributed by atoms with Crippen LogP contribution < -0.4 is 10.6 Å². The van der Waals surface area contributed by atoms with Crippen molar-refractivity contribution in [3.8, 4) is 0 Å². The topological polar surface area (TPSA) is 73.0 Å². The molecule has 126 valence electrons. The monoisotopic (exact) mass is 333 g/mol. The Labute approximate surface area is 145 Å². The molecule has 0 aliphatic rings. The van der Waals surface area contributed by atoms with Crippen molar-refractivity contribution >= 4 is 33.5 Å². The summed E-state index contributed by atoms with van der Waals surface area (Å²) in [4.78, 5) is 21.3. The molecule has 0 saturated carbocycles. The van der Waals surface area contributed by atoms with Crippen molar-refractivity contribution in [2.75, 3.05) is 5.73 Å². The number of nitrogens with zero attached hydrogens (tertiary/aromatic N) is 1. The highest BCUT2D eigenvalue weighted by Crippen LogP contribution is 2.30. The van der Waals surface area contributed by atoms with E-state index in [2.05, 4.69) is 18.8 Å². The van der Waals surface area contributed by atoms with Crippen LogP contribution in [0.4, 0.5) is 5.69 Å². The minimum absolute atomic E-state index is 0.281. The van der Waals surface area contributed by atoms with Gasteiger partial charge < -0.3 is 15.6 Å². The molecule has 0 bridgehead atoms. The SMILES string of the molecule is CC(C)c1ccc(N)c2ccn(OC(=O)c3cc4ccccc4[nH]3)c12. The van der Waals surface area contributed by atoms with Crippen molar-refractivity contribution < 1.29 is 9.63 Å². The Hall–Kier alpha value is -3.21. The highest BCUT2D eigenvalue weighted by molar-refractivity contribution is 5.97. The standard InChI is InChI=1S/C20H19N3O2/c1-12(2)14-7-8-16(21)15-9-10-23(19(14)15)25-20(24)18-11-13-5-3-4-6-17(13)22-18/h3-12,22H,21H2,1-2H3. The van der Waals surface area contributed by atoms with E-state index in [1.807, 2.05) is 42.5 Å². The molecule has 0 saturated heterocycles. The van der Waals surface area contributed by atoms with Crippen LogP contribution in [0.1, 0.15) is 35.8 Å². The number of para-hydroxylation sites is 1. The number of hydrogen-bond acceptors (Lipinski definition) is 3. The van der Waals surface area contributed by atoms with Crippen LogP contribution in [0.25, 0.3) is 21.8 Å². The van der Waals surface area contributed by atoms with Crippen molar-refractivity contribution in [1.82, 2.24) is 9.71 Å². The summed E-state index contributed by atoms with van der Waals surface area (Å²) >= 11 is 0. The number of rotatable bonds is 3. The number of nitrogens with one attached hydrogen (secondary N) is 1. The maximum Gasteiger partial charge on any atom is 0.379 e. The molecule has 4 aromatic rings. The van der Waals surface area contributed by atoms with Crippen LogP contribution in [-0.4, -0.2) is 15.7 Å². The largest absolute Gasteiger partial charge is 0.398 e. The minimum atomic E-state index is -0.439. The lowest BCUT2D eigenvalue weighted by Gasteiger charge is -2.12. The molecule has 25 heavy (non-hydrogen) atoms. The van der Waals surface area contributed by atoms with Crippen LogP contribution in [0.5, 0.6) is 0 Å². The van der Waals surface area contributed by atoms with E-state index in [1.165, 1.54) is 4.73 Å². The summed E-state index contributed by atoms with van der Waals surface area (Å²) in [7, 11) is 0. The third-order valence-electron chi connectivity index (χ3n) is 4.43. The molecule has 0 fully saturated rings. The molecule has 5 heteroatoms. The van der Waals surface area contributed by atoms with Gasteiger partial charge in [-0.15, -0.1) is 0 Å². The fourth-order valence-electron chi connectivity index (χ4n) is 3.14. The van der Waals surface area contributed by atoms with E-state index < -0.39 is 5.97 Å². The number of aromatic nitrogens is 2. The van der Waals surface area contributed by atoms with Crippen LogP contribution in [-0.2, 0) is 0 Å². The van der Waals surface area contributed by atoms with Gasteiger partial charge in [-0.25, -0.2) is 4.79 Å². The number of nitrogen functional groups attached to an aromatic ring is 1. The van der Waals surface area contributed by atoms with Gasteiger partial charge in [0.15, 0.2) is 0 Å². The second-order valence-corrected chi connectivity index (χ2v) is 6.45. The number of carbonyl (C=O) groups excluding carboxylic acids is 1. The molecule has 4 rings (SSSR count). The third kappa shape index (κ3) is 2.54. The molecule has 2 heterocycles. The number of nitrogens with two attached hydrogens (primary N) is 1. The zero-order chi connectivity index (χ0) is 17.6. The van der Waals surface area contributed by atoms with Crippen molar-refractivity contribution in [2.45, 2.75) is 19.8 Å². The number of benzene rings is 2. The van der Waals surface area contributed by atoms with Crippen molar-refractivity contribution in [2.24, 2.45) is 0 Å². The van der Waals surface area contributed by atoms with E-state index in [9.17, 15) is 4.79 Å². The van der Waals surface area contributed by atoms with E-state index in [4.69, 9.17) is 10.6 Å². The second-order valence-electron chi connectivity index (χ2n) is 6.45. The lowest BCUT2D eigenvalue weighted by molar-refractivity contribution is 0.0476. The number of hydrogen-bond donors (Lipinski definition) is 2. The molecular weight excluding hydrogens is 314 g/mol. The first-order valence-electron chi connectivity index (χ1n) is 8.24. The normalized spacial score (nSPS) is 11.5. The molecule has 0 aliphatic heterocycles. The first-order chi connectivity index (χ1) is 12.0. The summed E-state index contributed by atoms with van der Waals surface area (Å²) in [5.41, 5.74) is 9.97. The van der Waals surface area contributed by atoms with E-state index in [0.29, 0.717) is 11.4 Å². The van der Waals surface area contributed by atoms with Crippen LogP contribution in [0.2, 0.25) is 0 Å². The molecule has 0 radical (unpaired) electrons. The van der Waals surface area contributed by atoms with Crippen LogP contribution in [0.15, 0.2) is 54.7 Å². The first-order valence-corrected chi connectivity index (χ1v) is 8.24. The summed E-state index contributed by atoms with van der Waals surface area (Å²) in [5.74, 6) is -0.158. The highest BCUT2D eigenvalue weighted by atomic mass is 16.7. The molecule has 0 unspecified atom stereocenters. The summed E-state index contributed by atoms with van der Waals surface area (Å²) in [5, 5.41) is 1.86.